The molecule has 0 aromatic rings. The highest BCUT2D eigenvalue weighted by atomic mass is 31.2. The number of phosphoric acid groups is 1. The fourth-order valence-corrected chi connectivity index (χ4v) is 7.65. The Balaban J connectivity index is 2.50. The second-order valence-corrected chi connectivity index (χ2v) is 19.1. The molecule has 0 bridgehead atoms. The molecule has 0 aromatic heterocycles. The largest absolute Gasteiger partial charge is 0.756 e. The van der Waals surface area contributed by atoms with Crippen molar-refractivity contribution in [2.75, 3.05) is 47.5 Å². The predicted octanol–water partition coefficient (Wildman–Crippen LogP) is 9.55. The number of aliphatic hydroxyl groups excluding tert-OH is 3. The molecule has 0 aliphatic heterocycles. The fourth-order valence-electron chi connectivity index (χ4n) is 6.92. The Morgan fingerprint density at radius 3 is 1.92 bits per heavy atom. The van der Waals surface area contributed by atoms with Crippen LogP contribution in [0.25, 0.3) is 0 Å². The van der Waals surface area contributed by atoms with Gasteiger partial charge in [-0.3, -0.25) is 14.2 Å². The number of rotatable bonds is 38. The molecule has 1 aliphatic carbocycles. The highest BCUT2D eigenvalue weighted by Crippen LogP contribution is 2.38. The molecule has 1 unspecified atom stereocenters. The maximum absolute atomic E-state index is 12.8. The van der Waals surface area contributed by atoms with Crippen molar-refractivity contribution in [3.8, 4) is 0 Å². The van der Waals surface area contributed by atoms with E-state index in [1.807, 2.05) is 39.4 Å². The molecule has 0 amide bonds. The molecule has 0 radical (unpaired) electrons. The van der Waals surface area contributed by atoms with Crippen molar-refractivity contribution in [3.05, 3.63) is 72.9 Å². The summed E-state index contributed by atoms with van der Waals surface area (Å²) >= 11 is 0. The minimum absolute atomic E-state index is 0.0370. The van der Waals surface area contributed by atoms with Gasteiger partial charge >= 0.3 is 11.9 Å². The number of aliphatic hydroxyl groups is 3. The zero-order valence-electron chi connectivity index (χ0n) is 39.6. The Bertz CT molecular complexity index is 1420. The van der Waals surface area contributed by atoms with Crippen molar-refractivity contribution in [1.29, 1.82) is 0 Å². The molecule has 13 heteroatoms. The number of carbonyl (C=O) groups excluding carboxylic acids is 2. The van der Waals surface area contributed by atoms with Crippen molar-refractivity contribution in [2.24, 2.45) is 11.8 Å². The first-order valence-corrected chi connectivity index (χ1v) is 25.4. The van der Waals surface area contributed by atoms with Crippen molar-refractivity contribution >= 4 is 19.8 Å². The van der Waals surface area contributed by atoms with Crippen LogP contribution in [0, 0.1) is 11.8 Å². The van der Waals surface area contributed by atoms with E-state index in [0.29, 0.717) is 43.1 Å². The first-order chi connectivity index (χ1) is 30.2. The monoisotopic (exact) mass is 908 g/mol. The maximum atomic E-state index is 12.8. The summed E-state index contributed by atoms with van der Waals surface area (Å²) in [6.07, 6.45) is 38.8. The lowest BCUT2D eigenvalue weighted by Gasteiger charge is -2.28. The molecule has 63 heavy (non-hydrogen) atoms. The lowest BCUT2D eigenvalue weighted by atomic mass is 9.89. The van der Waals surface area contributed by atoms with Crippen LogP contribution in [0.3, 0.4) is 0 Å². The summed E-state index contributed by atoms with van der Waals surface area (Å²) in [6.45, 7) is 3.76. The van der Waals surface area contributed by atoms with Crippen LogP contribution >= 0.6 is 7.82 Å². The smallest absolute Gasteiger partial charge is 0.306 e. The number of likely N-dealkylation sites (N-methyl/N-ethyl adjacent to an activating group) is 1. The van der Waals surface area contributed by atoms with E-state index in [-0.39, 0.29) is 44.3 Å². The Labute approximate surface area is 381 Å². The molecule has 7 atom stereocenters. The van der Waals surface area contributed by atoms with Gasteiger partial charge in [0.1, 0.15) is 19.8 Å². The topological polar surface area (TPSA) is 172 Å². The number of hydrogen-bond acceptors (Lipinski definition) is 11. The van der Waals surface area contributed by atoms with Crippen LogP contribution in [-0.2, 0) is 32.7 Å². The number of carbonyl (C=O) groups is 2. The Morgan fingerprint density at radius 1 is 0.714 bits per heavy atom. The lowest BCUT2D eigenvalue weighted by molar-refractivity contribution is -0.870. The normalized spacial score (nSPS) is 20.6. The standard InChI is InChI=1S/C50H86NO11P/c1-6-8-10-11-12-13-14-15-16-17-18-19-20-21-22-23-24-25-30-34-49(55)59-41-44(42-61-63(57,58)60-39-38-51(3,4)5)62-50(56)35-31-27-26-29-33-45-46(48(54)40-47(45)53)37-36-43(52)32-28-9-7-2/h12-13,15-16,18-19,21-22,26,29,36-37,43-48,52-54H,6-11,14,17,20,23-25,27-28,30-35,38-42H2,1-5H3/b13-12-,16-15-,19-18-,22-21-,29-26+,37-36+/t43-,44+,45+,46+,47-,48+/m0/s1. The summed E-state index contributed by atoms with van der Waals surface area (Å²) in [5.74, 6) is -1.51. The number of ether oxygens (including phenoxy) is 2. The first kappa shape index (κ1) is 58.3. The van der Waals surface area contributed by atoms with Crippen LogP contribution in [0.4, 0.5) is 0 Å². The molecule has 1 rings (SSSR count). The van der Waals surface area contributed by atoms with E-state index in [0.717, 1.165) is 57.8 Å². The van der Waals surface area contributed by atoms with Gasteiger partial charge in [-0.05, 0) is 83.0 Å². The van der Waals surface area contributed by atoms with E-state index >= 15 is 0 Å². The van der Waals surface area contributed by atoms with E-state index in [1.165, 1.54) is 25.7 Å². The maximum Gasteiger partial charge on any atom is 0.306 e. The summed E-state index contributed by atoms with van der Waals surface area (Å²) < 4.78 is 33.9. The van der Waals surface area contributed by atoms with E-state index in [2.05, 4.69) is 62.5 Å². The van der Waals surface area contributed by atoms with Gasteiger partial charge in [0.25, 0.3) is 7.82 Å². The van der Waals surface area contributed by atoms with Gasteiger partial charge in [-0.2, -0.15) is 0 Å². The number of allylic oxidation sites excluding steroid dienone is 10. The third-order valence-electron chi connectivity index (χ3n) is 10.8. The molecular formula is C50H86NO11P. The molecule has 1 aliphatic rings. The summed E-state index contributed by atoms with van der Waals surface area (Å²) in [5.41, 5.74) is 0. The predicted molar refractivity (Wildman–Crippen MR) is 251 cm³/mol. The average molecular weight is 908 g/mol. The molecule has 1 fully saturated rings. The summed E-state index contributed by atoms with van der Waals surface area (Å²) in [7, 11) is 0.986. The number of quaternary nitrogens is 1. The molecule has 0 heterocycles. The number of esters is 2. The van der Waals surface area contributed by atoms with Crippen LogP contribution in [-0.4, -0.2) is 104 Å². The van der Waals surface area contributed by atoms with Gasteiger partial charge in [0.15, 0.2) is 6.10 Å². The molecule has 3 N–H and O–H groups in total. The van der Waals surface area contributed by atoms with Crippen LogP contribution in [0.15, 0.2) is 72.9 Å². The van der Waals surface area contributed by atoms with Crippen molar-refractivity contribution in [1.82, 2.24) is 0 Å². The van der Waals surface area contributed by atoms with Crippen LogP contribution in [0.1, 0.15) is 149 Å². The molecule has 362 valence electrons. The van der Waals surface area contributed by atoms with E-state index < -0.39 is 50.8 Å². The van der Waals surface area contributed by atoms with E-state index in [9.17, 15) is 34.4 Å². The number of nitrogens with zero attached hydrogens (tertiary/aromatic N) is 1. The minimum Gasteiger partial charge on any atom is -0.756 e. The highest BCUT2D eigenvalue weighted by Gasteiger charge is 2.39. The Kier molecular flexibility index (Phi) is 33.8. The highest BCUT2D eigenvalue weighted by molar-refractivity contribution is 7.45. The van der Waals surface area contributed by atoms with Gasteiger partial charge in [0, 0.05) is 25.2 Å². The molecule has 12 nitrogen and oxygen atoms in total. The second-order valence-electron chi connectivity index (χ2n) is 17.7. The van der Waals surface area contributed by atoms with Crippen LogP contribution in [0.5, 0.6) is 0 Å². The summed E-state index contributed by atoms with van der Waals surface area (Å²) in [6, 6.07) is 0. The Hall–Kier alpha value is -2.67. The average Bonchev–Trinajstić information content (AvgIpc) is 3.50. The van der Waals surface area contributed by atoms with Gasteiger partial charge in [0.2, 0.25) is 0 Å². The Morgan fingerprint density at radius 2 is 1.29 bits per heavy atom. The third-order valence-corrected chi connectivity index (χ3v) is 11.7. The third kappa shape index (κ3) is 33.5. The summed E-state index contributed by atoms with van der Waals surface area (Å²) in [5, 5.41) is 31.4. The number of phosphoric ester groups is 1. The summed E-state index contributed by atoms with van der Waals surface area (Å²) in [4.78, 5) is 37.8. The second kappa shape index (κ2) is 36.5. The first-order valence-electron chi connectivity index (χ1n) is 23.9. The zero-order chi connectivity index (χ0) is 46.6. The number of unbranched alkanes of at least 4 members (excludes halogenated alkanes) is 9. The van der Waals surface area contributed by atoms with Crippen molar-refractivity contribution in [2.45, 2.75) is 173 Å². The van der Waals surface area contributed by atoms with Gasteiger partial charge in [-0.1, -0.05) is 125 Å². The van der Waals surface area contributed by atoms with E-state index in [4.69, 9.17) is 18.5 Å². The zero-order valence-corrected chi connectivity index (χ0v) is 40.5. The van der Waals surface area contributed by atoms with Crippen LogP contribution < -0.4 is 4.89 Å². The molecular weight excluding hydrogens is 822 g/mol. The minimum atomic E-state index is -4.71. The molecule has 0 aromatic carbocycles. The SMILES string of the molecule is CCCCC/C=C\C/C=C\C/C=C\C/C=C\CCCCCC(=O)OC[C@H](COP(=O)([O-])OCC[N+](C)(C)C)OC(=O)CCC/C=C/C[C@@H]1[C@@H](/C=C/[C@@H](O)CCCCC)[C@H](O)C[C@@H]1O. The number of hydrogen-bond donors (Lipinski definition) is 3. The van der Waals surface area contributed by atoms with Gasteiger partial charge in [0.05, 0.1) is 46.1 Å². The van der Waals surface area contributed by atoms with Crippen LogP contribution in [0.2, 0.25) is 0 Å². The molecule has 0 spiro atoms. The fraction of sp³-hybridized carbons (Fsp3) is 0.720. The lowest BCUT2D eigenvalue weighted by Crippen LogP contribution is -2.37. The quantitative estimate of drug-likeness (QED) is 0.0177. The molecule has 1 saturated carbocycles. The van der Waals surface area contributed by atoms with Gasteiger partial charge in [-0.25, -0.2) is 0 Å². The van der Waals surface area contributed by atoms with Gasteiger partial charge in [-0.15, -0.1) is 0 Å². The van der Waals surface area contributed by atoms with E-state index in [1.54, 1.807) is 6.08 Å². The van der Waals surface area contributed by atoms with Gasteiger partial charge < -0.3 is 43.2 Å². The molecule has 0 saturated heterocycles. The van der Waals surface area contributed by atoms with Crippen molar-refractivity contribution in [3.63, 3.8) is 0 Å². The van der Waals surface area contributed by atoms with Crippen molar-refractivity contribution < 1.29 is 57.4 Å².